The molecule has 0 atom stereocenters. The van der Waals surface area contributed by atoms with Gasteiger partial charge in [-0.2, -0.15) is 0 Å². The highest BCUT2D eigenvalue weighted by Crippen LogP contribution is 2.23. The van der Waals surface area contributed by atoms with Gasteiger partial charge in [-0.15, -0.1) is 0 Å². The Morgan fingerprint density at radius 2 is 2.12 bits per heavy atom. The molecule has 45 valence electrons. The highest BCUT2D eigenvalue weighted by atomic mass is 15.1. The third kappa shape index (κ3) is 0.726. The first kappa shape index (κ1) is 5.67. The van der Waals surface area contributed by atoms with Gasteiger partial charge in [0.1, 0.15) is 0 Å². The lowest BCUT2D eigenvalue weighted by molar-refractivity contribution is 0.460. The number of allylic oxidation sites excluding steroid dienone is 1. The van der Waals surface area contributed by atoms with Gasteiger partial charge in [0.25, 0.3) is 0 Å². The third-order valence-electron chi connectivity index (χ3n) is 1.79. The third-order valence-corrected chi connectivity index (χ3v) is 1.79. The van der Waals surface area contributed by atoms with E-state index < -0.39 is 0 Å². The van der Waals surface area contributed by atoms with Crippen LogP contribution >= 0.6 is 0 Å². The molecule has 0 aromatic carbocycles. The minimum atomic E-state index is 1.14. The second-order valence-corrected chi connectivity index (χ2v) is 2.34. The maximum Gasteiger partial charge on any atom is 0.0634 e. The van der Waals surface area contributed by atoms with Gasteiger partial charge < -0.3 is 4.90 Å². The zero-order chi connectivity index (χ0) is 6.15. The second-order valence-electron chi connectivity index (χ2n) is 2.34. The average molecular weight is 110 g/mol. The van der Waals surface area contributed by atoms with Crippen molar-refractivity contribution in [1.82, 2.24) is 4.90 Å². The molecule has 0 spiro atoms. The summed E-state index contributed by atoms with van der Waals surface area (Å²) in [6.07, 6.45) is 3.39. The van der Waals surface area contributed by atoms with Crippen molar-refractivity contribution in [2.75, 3.05) is 7.05 Å². The van der Waals surface area contributed by atoms with Crippen molar-refractivity contribution in [3.05, 3.63) is 17.8 Å². The Bertz CT molecular complexity index is 116. The highest BCUT2D eigenvalue weighted by molar-refractivity contribution is 5.13. The van der Waals surface area contributed by atoms with Crippen LogP contribution < -0.4 is 0 Å². The molecule has 0 aromatic heterocycles. The van der Waals surface area contributed by atoms with Gasteiger partial charge >= 0.3 is 0 Å². The Kier molecular flexibility index (Phi) is 1.28. The van der Waals surface area contributed by atoms with Crippen LogP contribution in [-0.2, 0) is 0 Å². The zero-order valence-corrected chi connectivity index (χ0v) is 5.73. The Morgan fingerprint density at radius 3 is 2.25 bits per heavy atom. The van der Waals surface area contributed by atoms with E-state index in [0.29, 0.717) is 0 Å². The van der Waals surface area contributed by atoms with Gasteiger partial charge in [0.2, 0.25) is 0 Å². The molecule has 1 aliphatic heterocycles. The van der Waals surface area contributed by atoms with Gasteiger partial charge in [0.15, 0.2) is 0 Å². The van der Waals surface area contributed by atoms with Gasteiger partial charge in [-0.1, -0.05) is 6.08 Å². The van der Waals surface area contributed by atoms with Crippen molar-refractivity contribution in [1.29, 1.82) is 0 Å². The quantitative estimate of drug-likeness (QED) is 0.459. The fraction of sp³-hybridized carbons (Fsp3) is 0.571. The Hall–Kier alpha value is -0.460. The molecule has 0 unspecified atom stereocenters. The largest absolute Gasteiger partial charge is 0.370 e. The summed E-state index contributed by atoms with van der Waals surface area (Å²) in [6, 6.07) is 1.45. The van der Waals surface area contributed by atoms with E-state index in [1.54, 1.807) is 0 Å². The van der Waals surface area contributed by atoms with Gasteiger partial charge in [0, 0.05) is 12.7 Å². The highest BCUT2D eigenvalue weighted by Gasteiger charge is 2.14. The van der Waals surface area contributed by atoms with E-state index >= 15 is 0 Å². The Labute approximate surface area is 51.0 Å². The van der Waals surface area contributed by atoms with Crippen molar-refractivity contribution in [2.45, 2.75) is 20.3 Å². The lowest BCUT2D eigenvalue weighted by Gasteiger charge is -2.18. The summed E-state index contributed by atoms with van der Waals surface area (Å²) < 4.78 is 0. The SMILES string of the molecule is C[C]1CC=C(C)N1C. The molecule has 1 radical (unpaired) electrons. The molecule has 0 aliphatic carbocycles. The zero-order valence-electron chi connectivity index (χ0n) is 5.73. The van der Waals surface area contributed by atoms with Crippen molar-refractivity contribution in [2.24, 2.45) is 0 Å². The van der Waals surface area contributed by atoms with E-state index in [0.717, 1.165) is 6.42 Å². The molecule has 0 saturated heterocycles. The van der Waals surface area contributed by atoms with E-state index in [1.807, 2.05) is 0 Å². The van der Waals surface area contributed by atoms with Crippen LogP contribution in [0.5, 0.6) is 0 Å². The minimum Gasteiger partial charge on any atom is -0.370 e. The monoisotopic (exact) mass is 110 g/mol. The van der Waals surface area contributed by atoms with Crippen LogP contribution in [0.2, 0.25) is 0 Å². The first-order chi connectivity index (χ1) is 3.72. The van der Waals surface area contributed by atoms with Crippen LogP contribution in [0.4, 0.5) is 0 Å². The van der Waals surface area contributed by atoms with Gasteiger partial charge in [-0.05, 0) is 20.3 Å². The molecular weight excluding hydrogens is 98.1 g/mol. The summed E-state index contributed by atoms with van der Waals surface area (Å²) in [5.74, 6) is 0. The maximum atomic E-state index is 2.25. The second kappa shape index (κ2) is 1.81. The summed E-state index contributed by atoms with van der Waals surface area (Å²) >= 11 is 0. The summed E-state index contributed by atoms with van der Waals surface area (Å²) in [5.41, 5.74) is 1.38. The van der Waals surface area contributed by atoms with Gasteiger partial charge in [0.05, 0.1) is 6.04 Å². The normalized spacial score (nSPS) is 21.9. The van der Waals surface area contributed by atoms with Gasteiger partial charge in [-0.3, -0.25) is 0 Å². The predicted octanol–water partition coefficient (Wildman–Crippen LogP) is 1.78. The van der Waals surface area contributed by atoms with E-state index in [4.69, 9.17) is 0 Å². The lowest BCUT2D eigenvalue weighted by Crippen LogP contribution is -2.13. The van der Waals surface area contributed by atoms with E-state index in [2.05, 4.69) is 31.9 Å². The maximum absolute atomic E-state index is 2.25. The van der Waals surface area contributed by atoms with Crippen molar-refractivity contribution in [3.63, 3.8) is 0 Å². The van der Waals surface area contributed by atoms with Crippen molar-refractivity contribution in [3.8, 4) is 0 Å². The molecule has 1 heterocycles. The molecule has 1 heteroatoms. The molecule has 1 nitrogen and oxygen atoms in total. The fourth-order valence-electron chi connectivity index (χ4n) is 0.870. The van der Waals surface area contributed by atoms with E-state index in [1.165, 1.54) is 11.7 Å². The minimum absolute atomic E-state index is 1.14. The first-order valence-electron chi connectivity index (χ1n) is 2.94. The van der Waals surface area contributed by atoms with Crippen LogP contribution in [0.3, 0.4) is 0 Å². The van der Waals surface area contributed by atoms with E-state index in [-0.39, 0.29) is 0 Å². The summed E-state index contributed by atoms with van der Waals surface area (Å²) in [7, 11) is 2.11. The Morgan fingerprint density at radius 1 is 1.50 bits per heavy atom. The standard InChI is InChI=1S/C7H12N/c1-6-4-5-7(2)8(6)3/h4H,5H2,1-3H3. The molecular formula is C7H12N. The number of nitrogens with zero attached hydrogens (tertiary/aromatic N) is 1. The van der Waals surface area contributed by atoms with Crippen LogP contribution in [0.1, 0.15) is 20.3 Å². The van der Waals surface area contributed by atoms with Crippen molar-refractivity contribution >= 4 is 0 Å². The topological polar surface area (TPSA) is 3.24 Å². The number of hydrogen-bond donors (Lipinski definition) is 0. The molecule has 0 aromatic rings. The van der Waals surface area contributed by atoms with Crippen LogP contribution in [0.25, 0.3) is 0 Å². The fourth-order valence-corrected chi connectivity index (χ4v) is 0.870. The average Bonchev–Trinajstić information content (AvgIpc) is 1.98. The van der Waals surface area contributed by atoms with Crippen molar-refractivity contribution < 1.29 is 0 Å². The Balaban J connectivity index is 2.59. The molecule has 0 N–H and O–H groups in total. The predicted molar refractivity (Wildman–Crippen MR) is 35.1 cm³/mol. The summed E-state index contributed by atoms with van der Waals surface area (Å²) in [6.45, 7) is 4.30. The smallest absolute Gasteiger partial charge is 0.0634 e. The van der Waals surface area contributed by atoms with E-state index in [9.17, 15) is 0 Å². The molecule has 1 rings (SSSR count). The number of hydrogen-bond acceptors (Lipinski definition) is 1. The summed E-state index contributed by atoms with van der Waals surface area (Å²) in [4.78, 5) is 2.22. The van der Waals surface area contributed by atoms with Crippen LogP contribution in [-0.4, -0.2) is 11.9 Å². The summed E-state index contributed by atoms with van der Waals surface area (Å²) in [5, 5.41) is 0. The van der Waals surface area contributed by atoms with Gasteiger partial charge in [-0.25, -0.2) is 0 Å². The molecule has 1 aliphatic rings. The first-order valence-corrected chi connectivity index (χ1v) is 2.94. The molecule has 0 amide bonds. The molecule has 0 fully saturated rings. The lowest BCUT2D eigenvalue weighted by atomic mass is 10.3. The number of rotatable bonds is 0. The van der Waals surface area contributed by atoms with Crippen LogP contribution in [0, 0.1) is 6.04 Å². The molecule has 0 bridgehead atoms. The van der Waals surface area contributed by atoms with Crippen LogP contribution in [0.15, 0.2) is 11.8 Å². The molecule has 8 heavy (non-hydrogen) atoms. The molecule has 0 saturated carbocycles.